The minimum Gasteiger partial charge on any atom is -0.453 e. The van der Waals surface area contributed by atoms with Crippen molar-refractivity contribution in [2.24, 2.45) is 0 Å². The van der Waals surface area contributed by atoms with Gasteiger partial charge in [-0.2, -0.15) is 0 Å². The molecule has 0 bridgehead atoms. The maximum atomic E-state index is 12.1. The van der Waals surface area contributed by atoms with Gasteiger partial charge in [0.15, 0.2) is 0 Å². The predicted molar refractivity (Wildman–Crippen MR) is 87.5 cm³/mol. The summed E-state index contributed by atoms with van der Waals surface area (Å²) in [6.07, 6.45) is 4.71. The lowest BCUT2D eigenvalue weighted by molar-refractivity contribution is 0.110. The van der Waals surface area contributed by atoms with Gasteiger partial charge in [-0.05, 0) is 23.1 Å². The number of hydrogen-bond donors (Lipinski definition) is 0. The lowest BCUT2D eigenvalue weighted by atomic mass is 9.92. The summed E-state index contributed by atoms with van der Waals surface area (Å²) < 4.78 is 4.94. The molecule has 3 heteroatoms. The zero-order chi connectivity index (χ0) is 15.4. The highest BCUT2D eigenvalue weighted by atomic mass is 16.5. The van der Waals surface area contributed by atoms with Crippen LogP contribution in [-0.2, 0) is 11.2 Å². The summed E-state index contributed by atoms with van der Waals surface area (Å²) in [5, 5.41) is 0. The van der Waals surface area contributed by atoms with Gasteiger partial charge in [0, 0.05) is 6.54 Å². The highest BCUT2D eigenvalue weighted by Gasteiger charge is 2.29. The van der Waals surface area contributed by atoms with Gasteiger partial charge in [-0.3, -0.25) is 4.90 Å². The van der Waals surface area contributed by atoms with E-state index in [1.54, 1.807) is 4.90 Å². The first-order valence-electron chi connectivity index (χ1n) is 7.45. The molecule has 3 rings (SSSR count). The zero-order valence-electron chi connectivity index (χ0n) is 12.6. The molecule has 1 atom stereocenters. The van der Waals surface area contributed by atoms with Gasteiger partial charge >= 0.3 is 6.09 Å². The van der Waals surface area contributed by atoms with Crippen LogP contribution < -0.4 is 0 Å². The fourth-order valence-electron chi connectivity index (χ4n) is 2.89. The van der Waals surface area contributed by atoms with Crippen molar-refractivity contribution in [1.82, 2.24) is 4.90 Å². The minimum absolute atomic E-state index is 0.0855. The first kappa shape index (κ1) is 14.4. The molecule has 1 heterocycles. The van der Waals surface area contributed by atoms with Gasteiger partial charge < -0.3 is 4.74 Å². The SMILES string of the molecule is COC(=O)N1CCc2ccccc2[C@H]1/C=C/c1ccccc1. The average molecular weight is 293 g/mol. The molecule has 1 aliphatic heterocycles. The molecule has 0 saturated carbocycles. The summed E-state index contributed by atoms with van der Waals surface area (Å²) in [6, 6.07) is 18.3. The van der Waals surface area contributed by atoms with Crippen LogP contribution in [0.25, 0.3) is 6.08 Å². The van der Waals surface area contributed by atoms with Crippen LogP contribution in [0.15, 0.2) is 60.7 Å². The van der Waals surface area contributed by atoms with Crippen LogP contribution in [0.5, 0.6) is 0 Å². The van der Waals surface area contributed by atoms with E-state index in [4.69, 9.17) is 4.74 Å². The minimum atomic E-state index is -0.280. The van der Waals surface area contributed by atoms with Crippen molar-refractivity contribution in [3.63, 3.8) is 0 Å². The third-order valence-electron chi connectivity index (χ3n) is 4.01. The number of benzene rings is 2. The number of nitrogens with zero attached hydrogens (tertiary/aromatic N) is 1. The maximum absolute atomic E-state index is 12.1. The van der Waals surface area contributed by atoms with Crippen LogP contribution in [0.2, 0.25) is 0 Å². The Morgan fingerprint density at radius 1 is 1.14 bits per heavy atom. The smallest absolute Gasteiger partial charge is 0.410 e. The van der Waals surface area contributed by atoms with E-state index in [1.165, 1.54) is 18.2 Å². The van der Waals surface area contributed by atoms with Crippen molar-refractivity contribution in [3.8, 4) is 0 Å². The monoisotopic (exact) mass is 293 g/mol. The zero-order valence-corrected chi connectivity index (χ0v) is 12.6. The lowest BCUT2D eigenvalue weighted by Crippen LogP contribution is -2.39. The molecule has 3 nitrogen and oxygen atoms in total. The predicted octanol–water partition coefficient (Wildman–Crippen LogP) is 4.07. The molecule has 0 saturated heterocycles. The van der Waals surface area contributed by atoms with Crippen molar-refractivity contribution in [2.75, 3.05) is 13.7 Å². The molecule has 2 aromatic carbocycles. The van der Waals surface area contributed by atoms with E-state index in [-0.39, 0.29) is 12.1 Å². The molecule has 2 aromatic rings. The molecule has 1 amide bonds. The van der Waals surface area contributed by atoms with Crippen molar-refractivity contribution in [1.29, 1.82) is 0 Å². The molecule has 112 valence electrons. The number of carbonyl (C=O) groups excluding carboxylic acids is 1. The lowest BCUT2D eigenvalue weighted by Gasteiger charge is -2.34. The first-order valence-corrected chi connectivity index (χ1v) is 7.45. The van der Waals surface area contributed by atoms with Gasteiger partial charge in [0.25, 0.3) is 0 Å². The van der Waals surface area contributed by atoms with Crippen LogP contribution in [0, 0.1) is 0 Å². The van der Waals surface area contributed by atoms with E-state index in [2.05, 4.69) is 24.3 Å². The normalized spacial score (nSPS) is 17.3. The van der Waals surface area contributed by atoms with Gasteiger partial charge in [0.05, 0.1) is 13.2 Å². The Balaban J connectivity index is 1.95. The van der Waals surface area contributed by atoms with Gasteiger partial charge in [0.1, 0.15) is 0 Å². The summed E-state index contributed by atoms with van der Waals surface area (Å²) in [4.78, 5) is 13.8. The Morgan fingerprint density at radius 2 is 1.86 bits per heavy atom. The van der Waals surface area contributed by atoms with E-state index < -0.39 is 0 Å². The highest BCUT2D eigenvalue weighted by Crippen LogP contribution is 2.31. The number of methoxy groups -OCH3 is 1. The van der Waals surface area contributed by atoms with Gasteiger partial charge in [-0.15, -0.1) is 0 Å². The molecule has 0 spiro atoms. The largest absolute Gasteiger partial charge is 0.453 e. The van der Waals surface area contributed by atoms with E-state index >= 15 is 0 Å². The van der Waals surface area contributed by atoms with Crippen LogP contribution in [-0.4, -0.2) is 24.6 Å². The Bertz CT molecular complexity index is 679. The molecular weight excluding hydrogens is 274 g/mol. The van der Waals surface area contributed by atoms with Crippen LogP contribution in [0.3, 0.4) is 0 Å². The molecule has 0 aliphatic carbocycles. The Labute approximate surface area is 130 Å². The molecule has 0 aromatic heterocycles. The molecule has 0 radical (unpaired) electrons. The summed E-state index contributed by atoms with van der Waals surface area (Å²) in [5.74, 6) is 0. The Morgan fingerprint density at radius 3 is 2.64 bits per heavy atom. The fraction of sp³-hybridized carbons (Fsp3) is 0.211. The molecule has 0 unspecified atom stereocenters. The van der Waals surface area contributed by atoms with E-state index in [0.717, 1.165) is 12.0 Å². The van der Waals surface area contributed by atoms with Crippen molar-refractivity contribution >= 4 is 12.2 Å². The second-order valence-corrected chi connectivity index (χ2v) is 5.33. The maximum Gasteiger partial charge on any atom is 0.410 e. The highest BCUT2D eigenvalue weighted by molar-refractivity contribution is 5.70. The van der Waals surface area contributed by atoms with Crippen molar-refractivity contribution in [3.05, 3.63) is 77.4 Å². The fourth-order valence-corrected chi connectivity index (χ4v) is 2.89. The van der Waals surface area contributed by atoms with Crippen molar-refractivity contribution < 1.29 is 9.53 Å². The summed E-state index contributed by atoms with van der Waals surface area (Å²) in [6.45, 7) is 0.674. The number of rotatable bonds is 2. The molecule has 22 heavy (non-hydrogen) atoms. The molecule has 1 aliphatic rings. The van der Waals surface area contributed by atoms with E-state index in [9.17, 15) is 4.79 Å². The van der Waals surface area contributed by atoms with Crippen LogP contribution in [0.1, 0.15) is 22.7 Å². The van der Waals surface area contributed by atoms with Crippen LogP contribution in [0.4, 0.5) is 4.79 Å². The van der Waals surface area contributed by atoms with E-state index in [0.29, 0.717) is 6.54 Å². The van der Waals surface area contributed by atoms with Gasteiger partial charge in [-0.25, -0.2) is 4.79 Å². The Kier molecular flexibility index (Phi) is 4.24. The van der Waals surface area contributed by atoms with Gasteiger partial charge in [-0.1, -0.05) is 66.7 Å². The summed E-state index contributed by atoms with van der Waals surface area (Å²) >= 11 is 0. The summed E-state index contributed by atoms with van der Waals surface area (Å²) in [5.41, 5.74) is 3.59. The van der Waals surface area contributed by atoms with Crippen molar-refractivity contribution in [2.45, 2.75) is 12.5 Å². The number of fused-ring (bicyclic) bond motifs is 1. The average Bonchev–Trinajstić information content (AvgIpc) is 2.59. The molecular formula is C19H19NO2. The third kappa shape index (κ3) is 2.89. The summed E-state index contributed by atoms with van der Waals surface area (Å²) in [7, 11) is 1.43. The second-order valence-electron chi connectivity index (χ2n) is 5.33. The number of amides is 1. The standard InChI is InChI=1S/C19H19NO2/c1-22-19(21)20-14-13-16-9-5-6-10-17(16)18(20)12-11-15-7-3-2-4-8-15/h2-12,18H,13-14H2,1H3/b12-11+/t18-/m1/s1. The van der Waals surface area contributed by atoms with Gasteiger partial charge in [0.2, 0.25) is 0 Å². The quantitative estimate of drug-likeness (QED) is 0.835. The van der Waals surface area contributed by atoms with Crippen LogP contribution >= 0.6 is 0 Å². The molecule has 0 fully saturated rings. The number of ether oxygens (including phenoxy) is 1. The molecule has 0 N–H and O–H groups in total. The number of hydrogen-bond acceptors (Lipinski definition) is 2. The number of carbonyl (C=O) groups is 1. The first-order chi connectivity index (χ1) is 10.8. The topological polar surface area (TPSA) is 29.5 Å². The second kappa shape index (κ2) is 6.48. The third-order valence-corrected chi connectivity index (χ3v) is 4.01. The van der Waals surface area contributed by atoms with E-state index in [1.807, 2.05) is 42.5 Å². The Hall–Kier alpha value is -2.55.